The van der Waals surface area contributed by atoms with E-state index in [2.05, 4.69) is 10.1 Å². The third kappa shape index (κ3) is 4.14. The zero-order valence-corrected chi connectivity index (χ0v) is 13.9. The molecule has 3 aromatic rings. The van der Waals surface area contributed by atoms with E-state index in [1.54, 1.807) is 12.4 Å². The van der Waals surface area contributed by atoms with Gasteiger partial charge in [0.2, 0.25) is 5.95 Å². The number of nitrogens with two attached hydrogens (primary N) is 1. The Morgan fingerprint density at radius 2 is 2.08 bits per heavy atom. The molecule has 1 heterocycles. The fourth-order valence-corrected chi connectivity index (χ4v) is 2.42. The van der Waals surface area contributed by atoms with Crippen molar-refractivity contribution in [2.24, 2.45) is 5.10 Å². The first kappa shape index (κ1) is 16.1. The maximum atomic E-state index is 5.98. The SMILES string of the molecule is Cc1cn(N=Cc2cccc(OCc3cccc(Cl)c3)c2)c(N)n1. The van der Waals surface area contributed by atoms with Crippen LogP contribution in [-0.2, 0) is 6.61 Å². The summed E-state index contributed by atoms with van der Waals surface area (Å²) >= 11 is 5.98. The van der Waals surface area contributed by atoms with Crippen molar-refractivity contribution in [3.8, 4) is 5.75 Å². The van der Waals surface area contributed by atoms with E-state index in [1.165, 1.54) is 4.68 Å². The van der Waals surface area contributed by atoms with Gasteiger partial charge in [-0.25, -0.2) is 9.66 Å². The molecule has 0 saturated heterocycles. The minimum absolute atomic E-state index is 0.358. The second kappa shape index (κ2) is 7.19. The van der Waals surface area contributed by atoms with E-state index >= 15 is 0 Å². The molecule has 0 aliphatic heterocycles. The Morgan fingerprint density at radius 1 is 1.25 bits per heavy atom. The maximum absolute atomic E-state index is 5.98. The Hall–Kier alpha value is -2.79. The molecule has 1 aromatic heterocycles. The zero-order valence-electron chi connectivity index (χ0n) is 13.2. The van der Waals surface area contributed by atoms with Gasteiger partial charge < -0.3 is 10.5 Å². The molecular weight excluding hydrogens is 324 g/mol. The number of nitrogens with zero attached hydrogens (tertiary/aromatic N) is 3. The van der Waals surface area contributed by atoms with Gasteiger partial charge in [0, 0.05) is 5.02 Å². The number of aryl methyl sites for hydroxylation is 1. The number of imidazole rings is 1. The lowest BCUT2D eigenvalue weighted by Gasteiger charge is -2.07. The Kier molecular flexibility index (Phi) is 4.82. The fraction of sp³-hybridized carbons (Fsp3) is 0.111. The molecule has 2 aromatic carbocycles. The molecule has 0 atom stereocenters. The average molecular weight is 341 g/mol. The van der Waals surface area contributed by atoms with Gasteiger partial charge in [0.05, 0.1) is 18.1 Å². The Balaban J connectivity index is 1.69. The van der Waals surface area contributed by atoms with E-state index in [1.807, 2.05) is 55.5 Å². The lowest BCUT2D eigenvalue weighted by molar-refractivity contribution is 0.306. The van der Waals surface area contributed by atoms with Gasteiger partial charge in [-0.15, -0.1) is 0 Å². The van der Waals surface area contributed by atoms with E-state index in [-0.39, 0.29) is 0 Å². The highest BCUT2D eigenvalue weighted by molar-refractivity contribution is 6.30. The van der Waals surface area contributed by atoms with Crippen LogP contribution in [0.1, 0.15) is 16.8 Å². The van der Waals surface area contributed by atoms with Crippen molar-refractivity contribution in [1.82, 2.24) is 9.66 Å². The summed E-state index contributed by atoms with van der Waals surface area (Å²) < 4.78 is 7.34. The summed E-state index contributed by atoms with van der Waals surface area (Å²) in [7, 11) is 0. The fourth-order valence-electron chi connectivity index (χ4n) is 2.20. The van der Waals surface area contributed by atoms with Crippen LogP contribution in [-0.4, -0.2) is 15.9 Å². The van der Waals surface area contributed by atoms with E-state index in [0.717, 1.165) is 22.6 Å². The first-order valence-corrected chi connectivity index (χ1v) is 7.81. The normalized spacial score (nSPS) is 11.1. The van der Waals surface area contributed by atoms with Gasteiger partial charge in [0.15, 0.2) is 0 Å². The monoisotopic (exact) mass is 340 g/mol. The van der Waals surface area contributed by atoms with Crippen LogP contribution in [0.25, 0.3) is 0 Å². The second-order valence-corrected chi connectivity index (χ2v) is 5.76. The van der Waals surface area contributed by atoms with Gasteiger partial charge in [0.25, 0.3) is 0 Å². The van der Waals surface area contributed by atoms with Gasteiger partial charge in [0.1, 0.15) is 12.4 Å². The lowest BCUT2D eigenvalue weighted by Crippen LogP contribution is -1.98. The van der Waals surface area contributed by atoms with Crippen LogP contribution in [0.15, 0.2) is 59.8 Å². The van der Waals surface area contributed by atoms with E-state index < -0.39 is 0 Å². The molecule has 5 nitrogen and oxygen atoms in total. The summed E-state index contributed by atoms with van der Waals surface area (Å²) in [5.41, 5.74) is 8.51. The largest absolute Gasteiger partial charge is 0.489 e. The van der Waals surface area contributed by atoms with E-state index in [4.69, 9.17) is 22.1 Å². The van der Waals surface area contributed by atoms with Crippen molar-refractivity contribution < 1.29 is 4.74 Å². The summed E-state index contributed by atoms with van der Waals surface area (Å²) in [6.45, 7) is 2.32. The van der Waals surface area contributed by atoms with Crippen molar-refractivity contribution in [1.29, 1.82) is 0 Å². The number of hydrogen-bond acceptors (Lipinski definition) is 4. The minimum Gasteiger partial charge on any atom is -0.489 e. The third-order valence-corrected chi connectivity index (χ3v) is 3.55. The number of ether oxygens (including phenoxy) is 1. The van der Waals surface area contributed by atoms with Crippen molar-refractivity contribution in [3.63, 3.8) is 0 Å². The molecule has 0 unspecified atom stereocenters. The number of rotatable bonds is 5. The van der Waals surface area contributed by atoms with Crippen molar-refractivity contribution in [2.75, 3.05) is 5.73 Å². The van der Waals surface area contributed by atoms with Gasteiger partial charge >= 0.3 is 0 Å². The molecule has 122 valence electrons. The first-order chi connectivity index (χ1) is 11.6. The third-order valence-electron chi connectivity index (χ3n) is 3.32. The lowest BCUT2D eigenvalue weighted by atomic mass is 10.2. The molecule has 0 amide bonds. The number of hydrogen-bond donors (Lipinski definition) is 1. The summed E-state index contributed by atoms with van der Waals surface area (Å²) in [6.07, 6.45) is 3.48. The van der Waals surface area contributed by atoms with Crippen LogP contribution >= 0.6 is 11.6 Å². The van der Waals surface area contributed by atoms with Crippen LogP contribution in [0.3, 0.4) is 0 Å². The standard InChI is InChI=1S/C18H17ClN4O/c1-13-11-23(18(20)22-13)21-10-14-4-3-7-17(9-14)24-12-15-5-2-6-16(19)8-15/h2-11H,12H2,1H3,(H2,20,22). The molecule has 0 radical (unpaired) electrons. The number of aromatic nitrogens is 2. The Morgan fingerprint density at radius 3 is 2.83 bits per heavy atom. The molecule has 24 heavy (non-hydrogen) atoms. The van der Waals surface area contributed by atoms with Gasteiger partial charge in [-0.3, -0.25) is 0 Å². The predicted octanol–water partition coefficient (Wildman–Crippen LogP) is 3.89. The molecule has 3 rings (SSSR count). The second-order valence-electron chi connectivity index (χ2n) is 5.32. The van der Waals surface area contributed by atoms with Gasteiger partial charge in [-0.05, 0) is 42.3 Å². The van der Waals surface area contributed by atoms with Gasteiger partial charge in [-0.1, -0.05) is 35.9 Å². The maximum Gasteiger partial charge on any atom is 0.221 e. The van der Waals surface area contributed by atoms with Crippen LogP contribution < -0.4 is 10.5 Å². The zero-order chi connectivity index (χ0) is 16.9. The van der Waals surface area contributed by atoms with Crippen LogP contribution in [0.4, 0.5) is 5.95 Å². The molecule has 0 bridgehead atoms. The summed E-state index contributed by atoms with van der Waals surface area (Å²) in [5, 5.41) is 5.00. The molecular formula is C18H17ClN4O. The van der Waals surface area contributed by atoms with Crippen molar-refractivity contribution in [3.05, 3.63) is 76.6 Å². The molecule has 2 N–H and O–H groups in total. The first-order valence-electron chi connectivity index (χ1n) is 7.43. The smallest absolute Gasteiger partial charge is 0.221 e. The highest BCUT2D eigenvalue weighted by Crippen LogP contribution is 2.16. The van der Waals surface area contributed by atoms with Crippen LogP contribution in [0.5, 0.6) is 5.75 Å². The quantitative estimate of drug-likeness (QED) is 0.716. The topological polar surface area (TPSA) is 65.4 Å². The molecule has 0 fully saturated rings. The Labute approximate surface area is 145 Å². The predicted molar refractivity (Wildman–Crippen MR) is 96.6 cm³/mol. The number of nitrogen functional groups attached to an aromatic ring is 1. The molecule has 6 heteroatoms. The summed E-state index contributed by atoms with van der Waals surface area (Å²) in [6, 6.07) is 15.3. The minimum atomic E-state index is 0.358. The van der Waals surface area contributed by atoms with Crippen LogP contribution in [0, 0.1) is 6.92 Å². The number of benzene rings is 2. The molecule has 0 aliphatic rings. The average Bonchev–Trinajstić information content (AvgIpc) is 2.89. The Bertz CT molecular complexity index is 873. The summed E-state index contributed by atoms with van der Waals surface area (Å²) in [5.74, 6) is 1.12. The van der Waals surface area contributed by atoms with Gasteiger partial charge in [-0.2, -0.15) is 5.10 Å². The molecule has 0 spiro atoms. The van der Waals surface area contributed by atoms with Crippen molar-refractivity contribution in [2.45, 2.75) is 13.5 Å². The molecule has 0 saturated carbocycles. The highest BCUT2D eigenvalue weighted by atomic mass is 35.5. The highest BCUT2D eigenvalue weighted by Gasteiger charge is 2.00. The number of anilines is 1. The van der Waals surface area contributed by atoms with E-state index in [0.29, 0.717) is 17.6 Å². The van der Waals surface area contributed by atoms with E-state index in [9.17, 15) is 0 Å². The number of halogens is 1. The van der Waals surface area contributed by atoms with Crippen LogP contribution in [0.2, 0.25) is 5.02 Å². The van der Waals surface area contributed by atoms with Crippen molar-refractivity contribution >= 4 is 23.8 Å². The summed E-state index contributed by atoms with van der Waals surface area (Å²) in [4.78, 5) is 4.10. The molecule has 0 aliphatic carbocycles.